The molecule has 0 spiro atoms. The van der Waals surface area contributed by atoms with E-state index in [1.807, 2.05) is 55.5 Å². The van der Waals surface area contributed by atoms with E-state index in [0.717, 1.165) is 5.56 Å². The molecule has 1 N–H and O–H groups in total. The van der Waals surface area contributed by atoms with Crippen LogP contribution in [0.25, 0.3) is 0 Å². The Morgan fingerprint density at radius 2 is 1.88 bits per heavy atom. The first kappa shape index (κ1) is 17.0. The Morgan fingerprint density at radius 1 is 1.16 bits per heavy atom. The first-order chi connectivity index (χ1) is 12.2. The van der Waals surface area contributed by atoms with Gasteiger partial charge in [0.2, 0.25) is 11.8 Å². The number of anilines is 1. The average molecular weight is 338 g/mol. The normalized spacial score (nSPS) is 16.8. The summed E-state index contributed by atoms with van der Waals surface area (Å²) in [5.41, 5.74) is 1.76. The smallest absolute Gasteiger partial charge is 0.244 e. The molecule has 2 aromatic carbocycles. The summed E-state index contributed by atoms with van der Waals surface area (Å²) < 4.78 is 5.51. The number of amides is 2. The Labute approximate surface area is 147 Å². The van der Waals surface area contributed by atoms with Crippen LogP contribution < -0.4 is 10.1 Å². The maximum absolute atomic E-state index is 12.4. The van der Waals surface area contributed by atoms with E-state index in [0.29, 0.717) is 31.0 Å². The largest absolute Gasteiger partial charge is 0.492 e. The third-order valence-corrected chi connectivity index (χ3v) is 4.28. The fourth-order valence-electron chi connectivity index (χ4n) is 3.09. The van der Waals surface area contributed by atoms with Crippen LogP contribution in [0.1, 0.15) is 24.8 Å². The lowest BCUT2D eigenvalue weighted by molar-refractivity contribution is -0.131. The van der Waals surface area contributed by atoms with Crippen LogP contribution in [-0.4, -0.2) is 36.4 Å². The number of likely N-dealkylation sites (tertiary alicyclic amines) is 1. The highest BCUT2D eigenvalue weighted by Crippen LogP contribution is 2.28. The van der Waals surface area contributed by atoms with Gasteiger partial charge in [-0.05, 0) is 24.6 Å². The molecule has 1 saturated heterocycles. The second-order valence-electron chi connectivity index (χ2n) is 6.06. The molecule has 3 rings (SSSR count). The van der Waals surface area contributed by atoms with Crippen LogP contribution in [0.15, 0.2) is 54.6 Å². The van der Waals surface area contributed by atoms with Gasteiger partial charge < -0.3 is 15.0 Å². The number of carbonyl (C=O) groups excluding carboxylic acids is 2. The van der Waals surface area contributed by atoms with Crippen molar-refractivity contribution >= 4 is 17.5 Å². The van der Waals surface area contributed by atoms with E-state index in [1.54, 1.807) is 11.0 Å². The molecule has 130 valence electrons. The van der Waals surface area contributed by atoms with Gasteiger partial charge >= 0.3 is 0 Å². The average Bonchev–Trinajstić information content (AvgIpc) is 2.98. The molecule has 1 fully saturated rings. The molecule has 0 bridgehead atoms. The van der Waals surface area contributed by atoms with Crippen LogP contribution in [0, 0.1) is 0 Å². The van der Waals surface area contributed by atoms with Gasteiger partial charge in [-0.25, -0.2) is 0 Å². The van der Waals surface area contributed by atoms with E-state index >= 15 is 0 Å². The van der Waals surface area contributed by atoms with Gasteiger partial charge in [0, 0.05) is 18.9 Å². The van der Waals surface area contributed by atoms with Crippen molar-refractivity contribution in [2.75, 3.05) is 25.0 Å². The zero-order chi connectivity index (χ0) is 17.6. The van der Waals surface area contributed by atoms with Crippen LogP contribution in [-0.2, 0) is 9.59 Å². The molecule has 1 aliphatic heterocycles. The van der Waals surface area contributed by atoms with Crippen LogP contribution >= 0.6 is 0 Å². The van der Waals surface area contributed by atoms with Crippen molar-refractivity contribution in [2.45, 2.75) is 19.3 Å². The van der Waals surface area contributed by atoms with Gasteiger partial charge in [-0.15, -0.1) is 0 Å². The molecule has 25 heavy (non-hydrogen) atoms. The Bertz CT molecular complexity index is 746. The van der Waals surface area contributed by atoms with Gasteiger partial charge in [-0.2, -0.15) is 0 Å². The van der Waals surface area contributed by atoms with Crippen molar-refractivity contribution in [3.8, 4) is 5.75 Å². The van der Waals surface area contributed by atoms with Gasteiger partial charge in [0.15, 0.2) is 0 Å². The van der Waals surface area contributed by atoms with Crippen molar-refractivity contribution in [1.29, 1.82) is 0 Å². The quantitative estimate of drug-likeness (QED) is 0.881. The van der Waals surface area contributed by atoms with Crippen molar-refractivity contribution in [3.05, 3.63) is 60.2 Å². The standard InChI is InChI=1S/C20H22N2O3/c1-2-25-18-11-7-6-10-17(18)21-19(23)14-22-13-16(12-20(22)24)15-8-4-3-5-9-15/h3-11,16H,2,12-14H2,1H3,(H,21,23). The summed E-state index contributed by atoms with van der Waals surface area (Å²) in [6.45, 7) is 3.05. The van der Waals surface area contributed by atoms with Crippen molar-refractivity contribution in [2.24, 2.45) is 0 Å². The highest BCUT2D eigenvalue weighted by atomic mass is 16.5. The minimum atomic E-state index is -0.214. The van der Waals surface area contributed by atoms with Gasteiger partial charge in [0.1, 0.15) is 5.75 Å². The zero-order valence-electron chi connectivity index (χ0n) is 14.3. The van der Waals surface area contributed by atoms with Crippen LogP contribution in [0.5, 0.6) is 5.75 Å². The van der Waals surface area contributed by atoms with Crippen LogP contribution in [0.4, 0.5) is 5.69 Å². The lowest BCUT2D eigenvalue weighted by Gasteiger charge is -2.17. The SMILES string of the molecule is CCOc1ccccc1NC(=O)CN1CC(c2ccccc2)CC1=O. The molecule has 0 aliphatic carbocycles. The predicted octanol–water partition coefficient (Wildman–Crippen LogP) is 3.04. The second kappa shape index (κ2) is 7.83. The van der Waals surface area contributed by atoms with Gasteiger partial charge in [-0.3, -0.25) is 9.59 Å². The number of hydrogen-bond acceptors (Lipinski definition) is 3. The van der Waals surface area contributed by atoms with E-state index in [-0.39, 0.29) is 24.3 Å². The van der Waals surface area contributed by atoms with Crippen LogP contribution in [0.3, 0.4) is 0 Å². The summed E-state index contributed by atoms with van der Waals surface area (Å²) in [5.74, 6) is 0.585. The molecule has 5 heteroatoms. The van der Waals surface area contributed by atoms with E-state index in [2.05, 4.69) is 5.32 Å². The highest BCUT2D eigenvalue weighted by Gasteiger charge is 2.31. The molecule has 0 aromatic heterocycles. The summed E-state index contributed by atoms with van der Waals surface area (Å²) in [5, 5.41) is 2.84. The lowest BCUT2D eigenvalue weighted by atomic mass is 9.99. The van der Waals surface area contributed by atoms with Crippen molar-refractivity contribution in [1.82, 2.24) is 4.90 Å². The Balaban J connectivity index is 1.61. The lowest BCUT2D eigenvalue weighted by Crippen LogP contribution is -2.34. The van der Waals surface area contributed by atoms with Crippen molar-refractivity contribution in [3.63, 3.8) is 0 Å². The fraction of sp³-hybridized carbons (Fsp3) is 0.300. The Morgan fingerprint density at radius 3 is 2.64 bits per heavy atom. The van der Waals surface area contributed by atoms with E-state index in [1.165, 1.54) is 0 Å². The first-order valence-corrected chi connectivity index (χ1v) is 8.51. The molecule has 0 saturated carbocycles. The van der Waals surface area contributed by atoms with E-state index in [9.17, 15) is 9.59 Å². The maximum Gasteiger partial charge on any atom is 0.244 e. The molecule has 0 radical (unpaired) electrons. The van der Waals surface area contributed by atoms with Gasteiger partial charge in [0.25, 0.3) is 0 Å². The molecular formula is C20H22N2O3. The summed E-state index contributed by atoms with van der Waals surface area (Å²) in [4.78, 5) is 26.2. The predicted molar refractivity (Wildman–Crippen MR) is 96.6 cm³/mol. The molecule has 1 unspecified atom stereocenters. The van der Waals surface area contributed by atoms with Crippen molar-refractivity contribution < 1.29 is 14.3 Å². The third-order valence-electron chi connectivity index (χ3n) is 4.28. The zero-order valence-corrected chi connectivity index (χ0v) is 14.3. The minimum absolute atomic E-state index is 0.0158. The van der Waals surface area contributed by atoms with E-state index in [4.69, 9.17) is 4.74 Å². The first-order valence-electron chi connectivity index (χ1n) is 8.51. The molecule has 1 atom stereocenters. The number of nitrogens with one attached hydrogen (secondary N) is 1. The number of para-hydroxylation sites is 2. The minimum Gasteiger partial charge on any atom is -0.492 e. The molecule has 5 nitrogen and oxygen atoms in total. The maximum atomic E-state index is 12.4. The molecular weight excluding hydrogens is 316 g/mol. The summed E-state index contributed by atoms with van der Waals surface area (Å²) in [7, 11) is 0. The van der Waals surface area contributed by atoms with Gasteiger partial charge in [-0.1, -0.05) is 42.5 Å². The summed E-state index contributed by atoms with van der Waals surface area (Å²) in [6.07, 6.45) is 0.451. The highest BCUT2D eigenvalue weighted by molar-refractivity contribution is 5.96. The third kappa shape index (κ3) is 4.18. The van der Waals surface area contributed by atoms with E-state index < -0.39 is 0 Å². The number of benzene rings is 2. The number of ether oxygens (including phenoxy) is 1. The monoisotopic (exact) mass is 338 g/mol. The Kier molecular flexibility index (Phi) is 5.33. The van der Waals surface area contributed by atoms with Crippen LogP contribution in [0.2, 0.25) is 0 Å². The summed E-state index contributed by atoms with van der Waals surface area (Å²) in [6, 6.07) is 17.3. The van der Waals surface area contributed by atoms with Gasteiger partial charge in [0.05, 0.1) is 18.8 Å². The molecule has 1 aliphatic rings. The molecule has 1 heterocycles. The topological polar surface area (TPSA) is 58.6 Å². The number of nitrogens with zero attached hydrogens (tertiary/aromatic N) is 1. The fourth-order valence-corrected chi connectivity index (χ4v) is 3.09. The second-order valence-corrected chi connectivity index (χ2v) is 6.06. The number of rotatable bonds is 6. The molecule has 2 amide bonds. The number of hydrogen-bond donors (Lipinski definition) is 1. The Hall–Kier alpha value is -2.82. The number of carbonyl (C=O) groups is 2. The molecule has 2 aromatic rings. The summed E-state index contributed by atoms with van der Waals surface area (Å²) >= 11 is 0.